The molecule has 6 rings (SSSR count). The molecule has 0 aromatic heterocycles. The Bertz CT molecular complexity index is 1170. The smallest absolute Gasteiger partial charge is 0.339 e. The minimum absolute atomic E-state index is 0.00289. The summed E-state index contributed by atoms with van der Waals surface area (Å²) in [4.78, 5) is 41.2. The lowest BCUT2D eigenvalue weighted by molar-refractivity contribution is -0.134. The lowest BCUT2D eigenvalue weighted by Crippen LogP contribution is -2.40. The van der Waals surface area contributed by atoms with E-state index in [1.54, 1.807) is 34.1 Å². The molecule has 1 aliphatic carbocycles. The second kappa shape index (κ2) is 6.64. The molecule has 3 heterocycles. The molecule has 164 valence electrons. The van der Waals surface area contributed by atoms with E-state index in [1.165, 1.54) is 6.07 Å². The molecule has 0 N–H and O–H groups in total. The van der Waals surface area contributed by atoms with Crippen LogP contribution in [0.2, 0.25) is 0 Å². The van der Waals surface area contributed by atoms with Gasteiger partial charge in [-0.25, -0.2) is 9.18 Å². The number of likely N-dealkylation sites (tertiary alicyclic amines) is 1. The van der Waals surface area contributed by atoms with Crippen LogP contribution in [-0.4, -0.2) is 42.3 Å². The third-order valence-corrected chi connectivity index (χ3v) is 7.46. The Kier molecular flexibility index (Phi) is 4.04. The molecule has 2 amide bonds. The average Bonchev–Trinajstić information content (AvgIpc) is 3.16. The largest absolute Gasteiger partial charge is 0.449 e. The van der Waals surface area contributed by atoms with Crippen molar-refractivity contribution in [2.45, 2.75) is 43.1 Å². The van der Waals surface area contributed by atoms with E-state index < -0.39 is 16.8 Å². The van der Waals surface area contributed by atoms with Gasteiger partial charge in [0.05, 0.1) is 17.5 Å². The molecule has 2 aromatic rings. The summed E-state index contributed by atoms with van der Waals surface area (Å²) in [5.41, 5.74) is 0.648. The zero-order valence-electron chi connectivity index (χ0n) is 17.6. The molecule has 32 heavy (non-hydrogen) atoms. The average molecular weight is 434 g/mol. The molecule has 2 saturated heterocycles. The topological polar surface area (TPSA) is 66.9 Å². The van der Waals surface area contributed by atoms with E-state index in [4.69, 9.17) is 4.74 Å². The van der Waals surface area contributed by atoms with Gasteiger partial charge in [-0.2, -0.15) is 0 Å². The van der Waals surface area contributed by atoms with Crippen LogP contribution in [0.15, 0.2) is 42.5 Å². The molecule has 3 fully saturated rings. The van der Waals surface area contributed by atoms with Crippen LogP contribution in [0.25, 0.3) is 0 Å². The third kappa shape index (κ3) is 2.66. The second-order valence-corrected chi connectivity index (χ2v) is 9.30. The van der Waals surface area contributed by atoms with E-state index in [0.717, 1.165) is 12.0 Å². The summed E-state index contributed by atoms with van der Waals surface area (Å²) in [6.45, 7) is 1.35. The maximum atomic E-state index is 15.2. The quantitative estimate of drug-likeness (QED) is 0.696. The van der Waals surface area contributed by atoms with Crippen molar-refractivity contribution in [3.63, 3.8) is 0 Å². The Labute approximate surface area is 184 Å². The summed E-state index contributed by atoms with van der Waals surface area (Å²) in [5, 5.41) is 0. The summed E-state index contributed by atoms with van der Waals surface area (Å²) >= 11 is 0. The van der Waals surface area contributed by atoms with Crippen LogP contribution in [0, 0.1) is 5.82 Å². The van der Waals surface area contributed by atoms with Crippen LogP contribution >= 0.6 is 0 Å². The third-order valence-electron chi connectivity index (χ3n) is 7.46. The molecular weight excluding hydrogens is 411 g/mol. The SMILES string of the molecule is O=C1O[C@]2(CCN(C(=O)C3(c4ccc(N5CCCC5=O)cc4F)CC3)C2)c2ccccc21. The van der Waals surface area contributed by atoms with E-state index in [1.807, 2.05) is 12.1 Å². The van der Waals surface area contributed by atoms with Crippen LogP contribution in [0.3, 0.4) is 0 Å². The number of hydrogen-bond acceptors (Lipinski definition) is 4. The number of ether oxygens (including phenoxy) is 1. The van der Waals surface area contributed by atoms with Gasteiger partial charge in [0, 0.05) is 42.7 Å². The number of hydrogen-bond donors (Lipinski definition) is 0. The number of anilines is 1. The highest BCUT2D eigenvalue weighted by atomic mass is 19.1. The molecule has 0 radical (unpaired) electrons. The normalized spacial score (nSPS) is 25.4. The first-order valence-electron chi connectivity index (χ1n) is 11.2. The van der Waals surface area contributed by atoms with Gasteiger partial charge < -0.3 is 14.5 Å². The summed E-state index contributed by atoms with van der Waals surface area (Å²) in [6, 6.07) is 12.1. The van der Waals surface area contributed by atoms with Crippen molar-refractivity contribution >= 4 is 23.5 Å². The minimum Gasteiger partial charge on any atom is -0.449 e. The number of nitrogens with zero attached hydrogens (tertiary/aromatic N) is 2. The van der Waals surface area contributed by atoms with Crippen molar-refractivity contribution in [1.29, 1.82) is 0 Å². The van der Waals surface area contributed by atoms with Crippen LogP contribution in [0.4, 0.5) is 10.1 Å². The van der Waals surface area contributed by atoms with Gasteiger partial charge >= 0.3 is 5.97 Å². The molecule has 0 bridgehead atoms. The highest BCUT2D eigenvalue weighted by Crippen LogP contribution is 2.53. The Morgan fingerprint density at radius 1 is 1.00 bits per heavy atom. The zero-order valence-corrected chi connectivity index (χ0v) is 17.6. The number of fused-ring (bicyclic) bond motifs is 2. The highest BCUT2D eigenvalue weighted by molar-refractivity contribution is 5.97. The number of amides is 2. The Balaban J connectivity index is 1.26. The minimum atomic E-state index is -0.870. The van der Waals surface area contributed by atoms with Gasteiger partial charge in [-0.15, -0.1) is 0 Å². The predicted octanol–water partition coefficient (Wildman–Crippen LogP) is 3.28. The maximum absolute atomic E-state index is 15.2. The number of rotatable bonds is 3. The molecule has 3 aliphatic heterocycles. The van der Waals surface area contributed by atoms with Crippen LogP contribution in [0.1, 0.15) is 53.6 Å². The Morgan fingerprint density at radius 2 is 1.81 bits per heavy atom. The van der Waals surface area contributed by atoms with Crippen molar-refractivity contribution < 1.29 is 23.5 Å². The lowest BCUT2D eigenvalue weighted by atomic mass is 9.91. The number of carbonyl (C=O) groups excluding carboxylic acids is 3. The summed E-state index contributed by atoms with van der Waals surface area (Å²) in [6.07, 6.45) is 2.97. The molecule has 0 unspecified atom stereocenters. The maximum Gasteiger partial charge on any atom is 0.339 e. The zero-order chi connectivity index (χ0) is 22.1. The van der Waals surface area contributed by atoms with Gasteiger partial charge in [-0.1, -0.05) is 24.3 Å². The van der Waals surface area contributed by atoms with Gasteiger partial charge in [0.1, 0.15) is 5.82 Å². The van der Waals surface area contributed by atoms with Crippen LogP contribution < -0.4 is 4.90 Å². The van der Waals surface area contributed by atoms with Crippen LogP contribution in [-0.2, 0) is 25.3 Å². The second-order valence-electron chi connectivity index (χ2n) is 9.30. The molecule has 6 nitrogen and oxygen atoms in total. The van der Waals surface area contributed by atoms with Crippen molar-refractivity contribution in [2.24, 2.45) is 0 Å². The van der Waals surface area contributed by atoms with E-state index in [9.17, 15) is 14.4 Å². The van der Waals surface area contributed by atoms with E-state index >= 15 is 4.39 Å². The Hall–Kier alpha value is -3.22. The fourth-order valence-electron chi connectivity index (χ4n) is 5.61. The number of carbonyl (C=O) groups is 3. The first-order chi connectivity index (χ1) is 15.4. The van der Waals surface area contributed by atoms with Gasteiger partial charge in [-0.3, -0.25) is 9.59 Å². The van der Waals surface area contributed by atoms with E-state index in [2.05, 4.69) is 0 Å². The van der Waals surface area contributed by atoms with Gasteiger partial charge in [0.15, 0.2) is 5.60 Å². The van der Waals surface area contributed by atoms with Crippen molar-refractivity contribution in [3.8, 4) is 0 Å². The fraction of sp³-hybridized carbons (Fsp3) is 0.400. The molecule has 4 aliphatic rings. The molecule has 2 aromatic carbocycles. The van der Waals surface area contributed by atoms with Crippen LogP contribution in [0.5, 0.6) is 0 Å². The van der Waals surface area contributed by atoms with E-state index in [-0.39, 0.29) is 24.3 Å². The number of esters is 1. The van der Waals surface area contributed by atoms with Crippen molar-refractivity contribution in [3.05, 3.63) is 65.0 Å². The molecule has 1 saturated carbocycles. The first kappa shape index (κ1) is 19.5. The molecular formula is C25H23FN2O4. The fourth-order valence-corrected chi connectivity index (χ4v) is 5.61. The predicted molar refractivity (Wildman–Crippen MR) is 114 cm³/mol. The monoisotopic (exact) mass is 434 g/mol. The van der Waals surface area contributed by atoms with Gasteiger partial charge in [-0.05, 0) is 37.5 Å². The molecule has 7 heteroatoms. The van der Waals surface area contributed by atoms with E-state index in [0.29, 0.717) is 55.6 Å². The highest BCUT2D eigenvalue weighted by Gasteiger charge is 2.58. The van der Waals surface area contributed by atoms with Gasteiger partial charge in [0.2, 0.25) is 11.8 Å². The van der Waals surface area contributed by atoms with Gasteiger partial charge in [0.25, 0.3) is 0 Å². The standard InChI is InChI=1S/C25H23FN2O4/c26-20-14-16(28-12-3-6-21(28)29)7-8-19(20)24(9-10-24)23(31)27-13-11-25(15-27)18-5-2-1-4-17(18)22(30)32-25/h1-2,4-5,7-8,14H,3,6,9-13,15H2/t25-/m0/s1. The summed E-state index contributed by atoms with van der Waals surface area (Å²) in [7, 11) is 0. The Morgan fingerprint density at radius 3 is 2.53 bits per heavy atom. The summed E-state index contributed by atoms with van der Waals surface area (Å²) < 4.78 is 20.9. The number of benzene rings is 2. The molecule has 1 spiro atoms. The molecule has 1 atom stereocenters. The first-order valence-corrected chi connectivity index (χ1v) is 11.2. The number of halogens is 1. The van der Waals surface area contributed by atoms with Crippen molar-refractivity contribution in [2.75, 3.05) is 24.5 Å². The lowest BCUT2D eigenvalue weighted by Gasteiger charge is -2.27. The summed E-state index contributed by atoms with van der Waals surface area (Å²) in [5.74, 6) is -0.907. The van der Waals surface area contributed by atoms with Crippen molar-refractivity contribution in [1.82, 2.24) is 4.90 Å².